The molecule has 0 amide bonds. The first-order valence-electron chi connectivity index (χ1n) is 6.49. The maximum Gasteiger partial charge on any atom is 0.152 e. The largest absolute Gasteiger partial charge is 0.329 e. The van der Waals surface area contributed by atoms with Gasteiger partial charge in [-0.3, -0.25) is 9.88 Å². The Balaban J connectivity index is 2.17. The predicted molar refractivity (Wildman–Crippen MR) is 75.4 cm³/mol. The fourth-order valence-corrected chi connectivity index (χ4v) is 4.72. The summed E-state index contributed by atoms with van der Waals surface area (Å²) in [5.74, 6) is 0.437. The highest BCUT2D eigenvalue weighted by atomic mass is 32.2. The lowest BCUT2D eigenvalue weighted by atomic mass is 9.93. The summed E-state index contributed by atoms with van der Waals surface area (Å²) in [5, 5.41) is 0. The van der Waals surface area contributed by atoms with Crippen molar-refractivity contribution >= 4 is 9.84 Å². The van der Waals surface area contributed by atoms with E-state index in [1.807, 2.05) is 30.1 Å². The SMILES string of the molecule is CN(Cc1ccccn1)C1(CN)CCCS(=O)(=O)C1. The lowest BCUT2D eigenvalue weighted by Gasteiger charge is -2.43. The van der Waals surface area contributed by atoms with Gasteiger partial charge in [0.15, 0.2) is 9.84 Å². The van der Waals surface area contributed by atoms with Gasteiger partial charge in [0.25, 0.3) is 0 Å². The second-order valence-electron chi connectivity index (χ2n) is 5.30. The van der Waals surface area contributed by atoms with E-state index in [0.717, 1.165) is 12.1 Å². The number of nitrogens with zero attached hydrogens (tertiary/aromatic N) is 2. The zero-order valence-corrected chi connectivity index (χ0v) is 12.1. The second kappa shape index (κ2) is 5.56. The molecule has 1 fully saturated rings. The van der Waals surface area contributed by atoms with Crippen molar-refractivity contribution in [2.75, 3.05) is 25.1 Å². The number of likely N-dealkylation sites (N-methyl/N-ethyl adjacent to an activating group) is 1. The van der Waals surface area contributed by atoms with E-state index in [-0.39, 0.29) is 11.5 Å². The van der Waals surface area contributed by atoms with Crippen molar-refractivity contribution in [1.29, 1.82) is 0 Å². The van der Waals surface area contributed by atoms with Crippen molar-refractivity contribution in [1.82, 2.24) is 9.88 Å². The zero-order chi connectivity index (χ0) is 13.9. The van der Waals surface area contributed by atoms with Crippen LogP contribution in [0.1, 0.15) is 18.5 Å². The van der Waals surface area contributed by atoms with Crippen LogP contribution < -0.4 is 5.73 Å². The van der Waals surface area contributed by atoms with Crippen LogP contribution in [-0.2, 0) is 16.4 Å². The number of pyridine rings is 1. The Hall–Kier alpha value is -0.980. The molecule has 0 spiro atoms. The quantitative estimate of drug-likeness (QED) is 0.866. The topological polar surface area (TPSA) is 76.3 Å². The summed E-state index contributed by atoms with van der Waals surface area (Å²) in [5.41, 5.74) is 6.37. The fourth-order valence-electron chi connectivity index (χ4n) is 2.70. The standard InChI is InChI=1S/C13H21N3O2S/c1-16(9-12-5-2-3-7-15-12)13(10-14)6-4-8-19(17,18)11-13/h2-3,5,7H,4,6,8-11,14H2,1H3. The molecule has 106 valence electrons. The van der Waals surface area contributed by atoms with Gasteiger partial charge >= 0.3 is 0 Å². The van der Waals surface area contributed by atoms with Crippen molar-refractivity contribution in [2.24, 2.45) is 5.73 Å². The molecule has 2 rings (SSSR count). The van der Waals surface area contributed by atoms with Crippen LogP contribution in [0.3, 0.4) is 0 Å². The molecule has 2 heterocycles. The van der Waals surface area contributed by atoms with Crippen LogP contribution in [-0.4, -0.2) is 48.9 Å². The Morgan fingerprint density at radius 3 is 2.84 bits per heavy atom. The molecule has 2 N–H and O–H groups in total. The molecule has 1 unspecified atom stereocenters. The minimum atomic E-state index is -2.98. The van der Waals surface area contributed by atoms with Gasteiger partial charge in [0, 0.05) is 24.8 Å². The van der Waals surface area contributed by atoms with Gasteiger partial charge in [0.05, 0.1) is 17.2 Å². The van der Waals surface area contributed by atoms with Gasteiger partial charge in [0.2, 0.25) is 0 Å². The Labute approximate surface area is 114 Å². The zero-order valence-electron chi connectivity index (χ0n) is 11.2. The third-order valence-electron chi connectivity index (χ3n) is 3.90. The number of hydrogen-bond acceptors (Lipinski definition) is 5. The summed E-state index contributed by atoms with van der Waals surface area (Å²) in [7, 11) is -1.05. The van der Waals surface area contributed by atoms with Crippen LogP contribution in [0, 0.1) is 0 Å². The maximum atomic E-state index is 11.9. The van der Waals surface area contributed by atoms with E-state index in [9.17, 15) is 8.42 Å². The van der Waals surface area contributed by atoms with E-state index in [0.29, 0.717) is 19.5 Å². The van der Waals surface area contributed by atoms with Gasteiger partial charge in [-0.25, -0.2) is 8.42 Å². The molecule has 1 aliphatic rings. The third kappa shape index (κ3) is 3.32. The van der Waals surface area contributed by atoms with Crippen LogP contribution in [0.25, 0.3) is 0 Å². The van der Waals surface area contributed by atoms with Crippen molar-refractivity contribution in [3.63, 3.8) is 0 Å². The van der Waals surface area contributed by atoms with Crippen LogP contribution >= 0.6 is 0 Å². The van der Waals surface area contributed by atoms with Crippen LogP contribution in [0.5, 0.6) is 0 Å². The lowest BCUT2D eigenvalue weighted by molar-refractivity contribution is 0.122. The molecule has 5 nitrogen and oxygen atoms in total. The second-order valence-corrected chi connectivity index (χ2v) is 7.49. The number of aromatic nitrogens is 1. The summed E-state index contributed by atoms with van der Waals surface area (Å²) in [6.45, 7) is 0.975. The van der Waals surface area contributed by atoms with Gasteiger partial charge in [-0.2, -0.15) is 0 Å². The monoisotopic (exact) mass is 283 g/mol. The molecule has 0 aromatic carbocycles. The molecule has 1 atom stereocenters. The normalized spacial score (nSPS) is 26.5. The molecule has 0 aliphatic carbocycles. The third-order valence-corrected chi connectivity index (χ3v) is 5.79. The molecule has 1 aliphatic heterocycles. The highest BCUT2D eigenvalue weighted by Crippen LogP contribution is 2.28. The van der Waals surface area contributed by atoms with E-state index >= 15 is 0 Å². The predicted octanol–water partition coefficient (Wildman–Crippen LogP) is 0.419. The summed E-state index contributed by atoms with van der Waals surface area (Å²) in [6.07, 6.45) is 3.26. The van der Waals surface area contributed by atoms with E-state index in [2.05, 4.69) is 4.98 Å². The molecule has 1 saturated heterocycles. The molecule has 1 aromatic heterocycles. The van der Waals surface area contributed by atoms with Crippen molar-refractivity contribution in [3.8, 4) is 0 Å². The molecule has 1 aromatic rings. The Morgan fingerprint density at radius 1 is 1.47 bits per heavy atom. The van der Waals surface area contributed by atoms with Crippen molar-refractivity contribution in [2.45, 2.75) is 24.9 Å². The minimum Gasteiger partial charge on any atom is -0.329 e. The number of sulfone groups is 1. The van der Waals surface area contributed by atoms with E-state index in [1.165, 1.54) is 0 Å². The lowest BCUT2D eigenvalue weighted by Crippen LogP contribution is -2.58. The highest BCUT2D eigenvalue weighted by molar-refractivity contribution is 7.91. The first-order chi connectivity index (χ1) is 8.97. The Morgan fingerprint density at radius 2 is 2.26 bits per heavy atom. The van der Waals surface area contributed by atoms with Crippen LogP contribution in [0.15, 0.2) is 24.4 Å². The Bertz CT molecular complexity index is 518. The average molecular weight is 283 g/mol. The minimum absolute atomic E-state index is 0.153. The average Bonchev–Trinajstić information content (AvgIpc) is 2.38. The van der Waals surface area contributed by atoms with E-state index < -0.39 is 15.4 Å². The molecule has 0 bridgehead atoms. The maximum absolute atomic E-state index is 11.9. The molecule has 0 saturated carbocycles. The molecule has 19 heavy (non-hydrogen) atoms. The highest BCUT2D eigenvalue weighted by Gasteiger charge is 2.41. The van der Waals surface area contributed by atoms with E-state index in [1.54, 1.807) is 6.20 Å². The van der Waals surface area contributed by atoms with Crippen LogP contribution in [0.4, 0.5) is 0 Å². The fraction of sp³-hybridized carbons (Fsp3) is 0.615. The summed E-state index contributed by atoms with van der Waals surface area (Å²) < 4.78 is 23.8. The van der Waals surface area contributed by atoms with Crippen molar-refractivity contribution < 1.29 is 8.42 Å². The summed E-state index contributed by atoms with van der Waals surface area (Å²) in [4.78, 5) is 6.33. The molecular weight excluding hydrogens is 262 g/mol. The van der Waals surface area contributed by atoms with Gasteiger partial charge in [-0.1, -0.05) is 6.07 Å². The van der Waals surface area contributed by atoms with Gasteiger partial charge in [0.1, 0.15) is 0 Å². The summed E-state index contributed by atoms with van der Waals surface area (Å²) >= 11 is 0. The Kier molecular flexibility index (Phi) is 4.23. The van der Waals surface area contributed by atoms with Crippen LogP contribution in [0.2, 0.25) is 0 Å². The first kappa shape index (κ1) is 14.4. The summed E-state index contributed by atoms with van der Waals surface area (Å²) in [6, 6.07) is 5.74. The number of nitrogens with two attached hydrogens (primary N) is 1. The van der Waals surface area contributed by atoms with Gasteiger partial charge in [-0.05, 0) is 32.0 Å². The molecule has 0 radical (unpaired) electrons. The molecule has 6 heteroatoms. The van der Waals surface area contributed by atoms with E-state index in [4.69, 9.17) is 5.73 Å². The van der Waals surface area contributed by atoms with Crippen molar-refractivity contribution in [3.05, 3.63) is 30.1 Å². The smallest absolute Gasteiger partial charge is 0.152 e. The van der Waals surface area contributed by atoms with Gasteiger partial charge < -0.3 is 5.73 Å². The first-order valence-corrected chi connectivity index (χ1v) is 8.31. The molecular formula is C13H21N3O2S. The number of rotatable bonds is 4. The van der Waals surface area contributed by atoms with Gasteiger partial charge in [-0.15, -0.1) is 0 Å². The number of hydrogen-bond donors (Lipinski definition) is 1.